The van der Waals surface area contributed by atoms with E-state index in [1.165, 1.54) is 12.5 Å². The van der Waals surface area contributed by atoms with Crippen molar-refractivity contribution in [3.05, 3.63) is 65.2 Å². The molecule has 0 aliphatic rings. The summed E-state index contributed by atoms with van der Waals surface area (Å²) in [6, 6.07) is 15.1. The minimum absolute atomic E-state index is 0.0724. The quantitative estimate of drug-likeness (QED) is 0.884. The lowest BCUT2D eigenvalue weighted by Gasteiger charge is -2.10. The Morgan fingerprint density at radius 3 is 2.35 bits per heavy atom. The molecule has 4 heteroatoms. The number of anilines is 1. The molecule has 4 nitrogen and oxygen atoms in total. The first-order valence-electron chi connectivity index (χ1n) is 7.70. The fraction of sp³-hybridized carbons (Fsp3) is 0.263. The summed E-state index contributed by atoms with van der Waals surface area (Å²) in [4.78, 5) is 23.2. The van der Waals surface area contributed by atoms with Gasteiger partial charge in [-0.3, -0.25) is 9.59 Å². The summed E-state index contributed by atoms with van der Waals surface area (Å²) in [7, 11) is 0. The van der Waals surface area contributed by atoms with Crippen molar-refractivity contribution in [2.75, 3.05) is 5.32 Å². The van der Waals surface area contributed by atoms with E-state index in [1.54, 1.807) is 12.1 Å². The highest BCUT2D eigenvalue weighted by molar-refractivity contribution is 6.04. The van der Waals surface area contributed by atoms with E-state index in [-0.39, 0.29) is 11.8 Å². The maximum absolute atomic E-state index is 12.3. The van der Waals surface area contributed by atoms with E-state index in [2.05, 4.69) is 30.5 Å². The van der Waals surface area contributed by atoms with Crippen molar-refractivity contribution in [1.29, 1.82) is 0 Å². The molecule has 23 heavy (non-hydrogen) atoms. The Hall–Kier alpha value is -2.62. The smallest absolute Gasteiger partial charge is 0.255 e. The number of nitrogens with one attached hydrogen (secondary N) is 2. The second-order valence-electron chi connectivity index (χ2n) is 5.84. The maximum atomic E-state index is 12.3. The Balaban J connectivity index is 2.03. The SMILES string of the molecule is CC(=O)NCc1ccc(C(=O)Nc2cccc(C(C)C)c2)cc1. The molecule has 2 aromatic rings. The van der Waals surface area contributed by atoms with Crippen LogP contribution in [0.2, 0.25) is 0 Å². The summed E-state index contributed by atoms with van der Waals surface area (Å²) in [6.45, 7) is 6.18. The third kappa shape index (κ3) is 4.95. The molecule has 0 fully saturated rings. The van der Waals surface area contributed by atoms with E-state index in [0.717, 1.165) is 11.3 Å². The van der Waals surface area contributed by atoms with Crippen molar-refractivity contribution in [2.24, 2.45) is 0 Å². The maximum Gasteiger partial charge on any atom is 0.255 e. The van der Waals surface area contributed by atoms with E-state index in [4.69, 9.17) is 0 Å². The van der Waals surface area contributed by atoms with Crippen LogP contribution in [0.1, 0.15) is 48.2 Å². The Kier molecular flexibility index (Phi) is 5.52. The van der Waals surface area contributed by atoms with Gasteiger partial charge in [-0.2, -0.15) is 0 Å². The second kappa shape index (κ2) is 7.58. The van der Waals surface area contributed by atoms with Gasteiger partial charge in [-0.15, -0.1) is 0 Å². The molecule has 0 bridgehead atoms. The van der Waals surface area contributed by atoms with Crippen molar-refractivity contribution in [3.8, 4) is 0 Å². The number of amides is 2. The van der Waals surface area contributed by atoms with Crippen LogP contribution in [0, 0.1) is 0 Å². The predicted molar refractivity (Wildman–Crippen MR) is 92.4 cm³/mol. The third-order valence-corrected chi connectivity index (χ3v) is 3.57. The highest BCUT2D eigenvalue weighted by atomic mass is 16.2. The number of carbonyl (C=O) groups is 2. The molecule has 0 saturated carbocycles. The fourth-order valence-electron chi connectivity index (χ4n) is 2.18. The van der Waals surface area contributed by atoms with Crippen LogP contribution in [0.4, 0.5) is 5.69 Å². The van der Waals surface area contributed by atoms with Crippen LogP contribution < -0.4 is 10.6 Å². The van der Waals surface area contributed by atoms with Crippen molar-refractivity contribution in [2.45, 2.75) is 33.2 Å². The number of rotatable bonds is 5. The molecular weight excluding hydrogens is 288 g/mol. The predicted octanol–water partition coefficient (Wildman–Crippen LogP) is 3.70. The van der Waals surface area contributed by atoms with Gasteiger partial charge in [0.2, 0.25) is 5.91 Å². The Labute approximate surface area is 136 Å². The van der Waals surface area contributed by atoms with Crippen molar-refractivity contribution < 1.29 is 9.59 Å². The van der Waals surface area contributed by atoms with Gasteiger partial charge in [0.25, 0.3) is 5.91 Å². The summed E-state index contributed by atoms with van der Waals surface area (Å²) in [5.74, 6) is 0.203. The van der Waals surface area contributed by atoms with E-state index in [9.17, 15) is 9.59 Å². The van der Waals surface area contributed by atoms with Gasteiger partial charge in [0.05, 0.1) is 0 Å². The first-order valence-corrected chi connectivity index (χ1v) is 7.70. The lowest BCUT2D eigenvalue weighted by atomic mass is 10.0. The number of benzene rings is 2. The lowest BCUT2D eigenvalue weighted by molar-refractivity contribution is -0.119. The van der Waals surface area contributed by atoms with Gasteiger partial charge < -0.3 is 10.6 Å². The molecule has 0 aliphatic carbocycles. The molecule has 0 radical (unpaired) electrons. The highest BCUT2D eigenvalue weighted by Gasteiger charge is 2.07. The largest absolute Gasteiger partial charge is 0.352 e. The molecule has 0 aliphatic heterocycles. The molecule has 120 valence electrons. The zero-order chi connectivity index (χ0) is 16.8. The molecule has 2 amide bonds. The van der Waals surface area contributed by atoms with E-state index >= 15 is 0 Å². The molecule has 0 aromatic heterocycles. The minimum atomic E-state index is -0.142. The highest BCUT2D eigenvalue weighted by Crippen LogP contribution is 2.19. The van der Waals surface area contributed by atoms with Gasteiger partial charge in [0, 0.05) is 24.7 Å². The number of carbonyl (C=O) groups excluding carboxylic acids is 2. The average molecular weight is 310 g/mol. The van der Waals surface area contributed by atoms with Crippen LogP contribution in [0.15, 0.2) is 48.5 Å². The topological polar surface area (TPSA) is 58.2 Å². The molecule has 0 atom stereocenters. The van der Waals surface area contributed by atoms with Gasteiger partial charge in [-0.05, 0) is 41.3 Å². The fourth-order valence-corrected chi connectivity index (χ4v) is 2.18. The van der Waals surface area contributed by atoms with Gasteiger partial charge in [-0.25, -0.2) is 0 Å². The van der Waals surface area contributed by atoms with Crippen molar-refractivity contribution >= 4 is 17.5 Å². The average Bonchev–Trinajstić information content (AvgIpc) is 2.53. The Morgan fingerprint density at radius 2 is 1.74 bits per heavy atom. The summed E-state index contributed by atoms with van der Waals surface area (Å²) in [5.41, 5.74) is 3.53. The van der Waals surface area contributed by atoms with Gasteiger partial charge in [-0.1, -0.05) is 38.1 Å². The van der Waals surface area contributed by atoms with Crippen molar-refractivity contribution in [1.82, 2.24) is 5.32 Å². The number of hydrogen-bond donors (Lipinski definition) is 2. The second-order valence-corrected chi connectivity index (χ2v) is 5.84. The molecular formula is C19H22N2O2. The zero-order valence-electron chi connectivity index (χ0n) is 13.7. The first kappa shape index (κ1) is 16.7. The summed E-state index contributed by atoms with van der Waals surface area (Å²) >= 11 is 0. The molecule has 0 spiro atoms. The molecule has 0 heterocycles. The summed E-state index contributed by atoms with van der Waals surface area (Å²) in [5, 5.41) is 5.64. The zero-order valence-corrected chi connectivity index (χ0v) is 13.7. The van der Waals surface area contributed by atoms with Crippen LogP contribution in [-0.2, 0) is 11.3 Å². The van der Waals surface area contributed by atoms with Gasteiger partial charge in [0.15, 0.2) is 0 Å². The lowest BCUT2D eigenvalue weighted by Crippen LogP contribution is -2.19. The van der Waals surface area contributed by atoms with Crippen LogP contribution in [-0.4, -0.2) is 11.8 Å². The summed E-state index contributed by atoms with van der Waals surface area (Å²) < 4.78 is 0. The van der Waals surface area contributed by atoms with Gasteiger partial charge >= 0.3 is 0 Å². The molecule has 0 unspecified atom stereocenters. The standard InChI is InChI=1S/C19H22N2O2/c1-13(2)17-5-4-6-18(11-17)21-19(23)16-9-7-15(8-10-16)12-20-14(3)22/h4-11,13H,12H2,1-3H3,(H,20,22)(H,21,23). The van der Waals surface area contributed by atoms with Crippen molar-refractivity contribution in [3.63, 3.8) is 0 Å². The number of hydrogen-bond acceptors (Lipinski definition) is 2. The van der Waals surface area contributed by atoms with Gasteiger partial charge in [0.1, 0.15) is 0 Å². The Morgan fingerprint density at radius 1 is 1.04 bits per heavy atom. The molecule has 2 aromatic carbocycles. The van der Waals surface area contributed by atoms with E-state index in [0.29, 0.717) is 18.0 Å². The third-order valence-electron chi connectivity index (χ3n) is 3.57. The van der Waals surface area contributed by atoms with Crippen LogP contribution in [0.3, 0.4) is 0 Å². The first-order chi connectivity index (χ1) is 11.0. The molecule has 2 rings (SSSR count). The van der Waals surface area contributed by atoms with Crippen LogP contribution >= 0.6 is 0 Å². The normalized spacial score (nSPS) is 10.4. The monoisotopic (exact) mass is 310 g/mol. The van der Waals surface area contributed by atoms with Crippen LogP contribution in [0.25, 0.3) is 0 Å². The summed E-state index contributed by atoms with van der Waals surface area (Å²) in [6.07, 6.45) is 0. The Bertz CT molecular complexity index is 691. The van der Waals surface area contributed by atoms with E-state index < -0.39 is 0 Å². The van der Waals surface area contributed by atoms with Crippen LogP contribution in [0.5, 0.6) is 0 Å². The minimum Gasteiger partial charge on any atom is -0.352 e. The van der Waals surface area contributed by atoms with E-state index in [1.807, 2.05) is 30.3 Å². The molecule has 2 N–H and O–H groups in total. The molecule has 0 saturated heterocycles.